The van der Waals surface area contributed by atoms with E-state index in [1.165, 1.54) is 0 Å². The van der Waals surface area contributed by atoms with Crippen LogP contribution in [0.5, 0.6) is 0 Å². The maximum atomic E-state index is 12.1. The highest BCUT2D eigenvalue weighted by Gasteiger charge is 2.11. The van der Waals surface area contributed by atoms with Crippen LogP contribution in [0, 0.1) is 20.8 Å². The van der Waals surface area contributed by atoms with Gasteiger partial charge in [0.2, 0.25) is 0 Å². The lowest BCUT2D eigenvalue weighted by atomic mass is 10.3. The fraction of sp³-hybridized carbons (Fsp3) is 0.278. The number of aryl methyl sites for hydroxylation is 2. The summed E-state index contributed by atoms with van der Waals surface area (Å²) in [4.78, 5) is 16.3. The number of carbonyl (C=O) groups is 1. The van der Waals surface area contributed by atoms with Crippen molar-refractivity contribution >= 4 is 23.4 Å². The van der Waals surface area contributed by atoms with Gasteiger partial charge in [-0.25, -0.2) is 14.5 Å². The van der Waals surface area contributed by atoms with Crippen molar-refractivity contribution in [3.05, 3.63) is 58.8 Å². The number of urea groups is 1. The first-order chi connectivity index (χ1) is 12.5. The molecule has 0 saturated heterocycles. The molecule has 2 N–H and O–H groups in total. The first-order valence-electron chi connectivity index (χ1n) is 8.30. The minimum Gasteiger partial charge on any atom is -0.336 e. The predicted octanol–water partition coefficient (Wildman–Crippen LogP) is 3.47. The lowest BCUT2D eigenvalue weighted by Crippen LogP contribution is -2.31. The molecule has 0 saturated carbocycles. The highest BCUT2D eigenvalue weighted by Crippen LogP contribution is 2.22. The van der Waals surface area contributed by atoms with Gasteiger partial charge in [-0.15, -0.1) is 5.10 Å². The quantitative estimate of drug-likeness (QED) is 0.720. The van der Waals surface area contributed by atoms with Crippen molar-refractivity contribution in [1.82, 2.24) is 24.6 Å². The van der Waals surface area contributed by atoms with E-state index >= 15 is 0 Å². The summed E-state index contributed by atoms with van der Waals surface area (Å²) >= 11 is 6.22. The van der Waals surface area contributed by atoms with Gasteiger partial charge in [0.1, 0.15) is 0 Å². The van der Waals surface area contributed by atoms with E-state index in [2.05, 4.69) is 20.7 Å². The Labute approximate surface area is 157 Å². The van der Waals surface area contributed by atoms with Gasteiger partial charge in [-0.1, -0.05) is 23.7 Å². The van der Waals surface area contributed by atoms with Gasteiger partial charge in [0.15, 0.2) is 5.82 Å². The van der Waals surface area contributed by atoms with E-state index in [0.717, 1.165) is 22.8 Å². The molecule has 0 bridgehead atoms. The van der Waals surface area contributed by atoms with Gasteiger partial charge in [-0.3, -0.25) is 5.32 Å². The van der Waals surface area contributed by atoms with Crippen molar-refractivity contribution in [2.45, 2.75) is 27.3 Å². The highest BCUT2D eigenvalue weighted by atomic mass is 35.5. The second-order valence-corrected chi connectivity index (χ2v) is 6.43. The van der Waals surface area contributed by atoms with Gasteiger partial charge >= 0.3 is 6.03 Å². The van der Waals surface area contributed by atoms with Crippen LogP contribution in [0.25, 0.3) is 5.69 Å². The van der Waals surface area contributed by atoms with Crippen LogP contribution in [0.1, 0.15) is 17.1 Å². The number of carbonyl (C=O) groups excluding carboxylic acids is 1. The van der Waals surface area contributed by atoms with Gasteiger partial charge in [-0.05, 0) is 32.9 Å². The summed E-state index contributed by atoms with van der Waals surface area (Å²) in [6.07, 6.45) is 1.78. The molecule has 136 valence electrons. The SMILES string of the molecule is Cc1ncn(CCNC(=O)Nc2cc(C)n(-c3ccccc3Cl)n2)c1C. The molecule has 2 amide bonds. The molecular formula is C18H21ClN6O. The van der Waals surface area contributed by atoms with E-state index in [4.69, 9.17) is 11.6 Å². The maximum absolute atomic E-state index is 12.1. The molecule has 7 nitrogen and oxygen atoms in total. The highest BCUT2D eigenvalue weighted by molar-refractivity contribution is 6.32. The number of benzene rings is 1. The number of nitrogens with zero attached hydrogens (tertiary/aromatic N) is 4. The third-order valence-corrected chi connectivity index (χ3v) is 4.51. The third kappa shape index (κ3) is 3.88. The summed E-state index contributed by atoms with van der Waals surface area (Å²) in [6.45, 7) is 7.03. The average molecular weight is 373 g/mol. The van der Waals surface area contributed by atoms with Gasteiger partial charge < -0.3 is 9.88 Å². The van der Waals surface area contributed by atoms with Crippen molar-refractivity contribution in [2.75, 3.05) is 11.9 Å². The molecule has 0 radical (unpaired) electrons. The number of nitrogens with one attached hydrogen (secondary N) is 2. The Morgan fingerprint density at radius 2 is 2.00 bits per heavy atom. The molecule has 1 aromatic carbocycles. The van der Waals surface area contributed by atoms with Gasteiger partial charge in [0, 0.05) is 30.5 Å². The molecule has 0 fully saturated rings. The Balaban J connectivity index is 1.59. The van der Waals surface area contributed by atoms with E-state index in [-0.39, 0.29) is 6.03 Å². The van der Waals surface area contributed by atoms with E-state index in [1.54, 1.807) is 23.1 Å². The number of aromatic nitrogens is 4. The summed E-state index contributed by atoms with van der Waals surface area (Å²) in [7, 11) is 0. The fourth-order valence-electron chi connectivity index (χ4n) is 2.62. The normalized spacial score (nSPS) is 10.8. The van der Waals surface area contributed by atoms with Gasteiger partial charge in [-0.2, -0.15) is 0 Å². The number of halogens is 1. The largest absolute Gasteiger partial charge is 0.336 e. The standard InChI is InChI=1S/C18H21ClN6O/c1-12-10-17(23-25(12)16-7-5-4-6-15(16)19)22-18(26)20-8-9-24-11-21-13(2)14(24)3/h4-7,10-11H,8-9H2,1-3H3,(H2,20,22,23,26). The van der Waals surface area contributed by atoms with Crippen LogP contribution in [0.3, 0.4) is 0 Å². The summed E-state index contributed by atoms with van der Waals surface area (Å²) in [5, 5.41) is 10.6. The number of para-hydroxylation sites is 1. The minimum absolute atomic E-state index is 0.303. The van der Waals surface area contributed by atoms with Crippen molar-refractivity contribution in [3.8, 4) is 5.69 Å². The van der Waals surface area contributed by atoms with Crippen molar-refractivity contribution < 1.29 is 4.79 Å². The first kappa shape index (κ1) is 18.0. The Bertz CT molecular complexity index is 930. The van der Waals surface area contributed by atoms with Crippen LogP contribution in [-0.4, -0.2) is 31.9 Å². The lowest BCUT2D eigenvalue weighted by Gasteiger charge is -2.08. The molecule has 0 spiro atoms. The number of rotatable bonds is 5. The van der Waals surface area contributed by atoms with Gasteiger partial charge in [0.25, 0.3) is 0 Å². The monoisotopic (exact) mass is 372 g/mol. The number of imidazole rings is 1. The first-order valence-corrected chi connectivity index (χ1v) is 8.68. The van der Waals surface area contributed by atoms with Crippen LogP contribution in [0.4, 0.5) is 10.6 Å². The molecule has 3 aromatic rings. The number of anilines is 1. The molecule has 2 aromatic heterocycles. The van der Waals surface area contributed by atoms with Crippen LogP contribution in [-0.2, 0) is 6.54 Å². The molecule has 0 aliphatic rings. The third-order valence-electron chi connectivity index (χ3n) is 4.19. The second kappa shape index (κ2) is 7.61. The Hall–Kier alpha value is -2.80. The zero-order valence-electron chi connectivity index (χ0n) is 15.0. The molecule has 0 atom stereocenters. The van der Waals surface area contributed by atoms with Crippen molar-refractivity contribution in [1.29, 1.82) is 0 Å². The molecule has 0 aliphatic carbocycles. The average Bonchev–Trinajstić information content (AvgIpc) is 3.12. The molecule has 8 heteroatoms. The molecule has 0 unspecified atom stereocenters. The Morgan fingerprint density at radius 3 is 2.69 bits per heavy atom. The van der Waals surface area contributed by atoms with Crippen molar-refractivity contribution in [3.63, 3.8) is 0 Å². The van der Waals surface area contributed by atoms with Crippen LogP contribution in [0.2, 0.25) is 5.02 Å². The summed E-state index contributed by atoms with van der Waals surface area (Å²) in [6, 6.07) is 8.93. The van der Waals surface area contributed by atoms with Crippen LogP contribution in [0.15, 0.2) is 36.7 Å². The van der Waals surface area contributed by atoms with Crippen LogP contribution >= 0.6 is 11.6 Å². The topological polar surface area (TPSA) is 76.8 Å². The lowest BCUT2D eigenvalue weighted by molar-refractivity contribution is 0.251. The summed E-state index contributed by atoms with van der Waals surface area (Å²) < 4.78 is 3.71. The Morgan fingerprint density at radius 1 is 1.23 bits per heavy atom. The number of hydrogen-bond acceptors (Lipinski definition) is 3. The Kier molecular flexibility index (Phi) is 5.27. The van der Waals surface area contributed by atoms with Crippen LogP contribution < -0.4 is 10.6 Å². The fourth-order valence-corrected chi connectivity index (χ4v) is 2.84. The van der Waals surface area contributed by atoms with E-state index in [1.807, 2.05) is 43.5 Å². The van der Waals surface area contributed by atoms with E-state index < -0.39 is 0 Å². The smallest absolute Gasteiger partial charge is 0.320 e. The summed E-state index contributed by atoms with van der Waals surface area (Å²) in [5.41, 5.74) is 3.74. The maximum Gasteiger partial charge on any atom is 0.320 e. The molecular weight excluding hydrogens is 352 g/mol. The minimum atomic E-state index is -0.303. The zero-order chi connectivity index (χ0) is 18.7. The summed E-state index contributed by atoms with van der Waals surface area (Å²) in [5.74, 6) is 0.467. The predicted molar refractivity (Wildman–Crippen MR) is 102 cm³/mol. The van der Waals surface area contributed by atoms with E-state index in [0.29, 0.717) is 23.9 Å². The molecule has 3 rings (SSSR count). The zero-order valence-corrected chi connectivity index (χ0v) is 15.7. The van der Waals surface area contributed by atoms with E-state index in [9.17, 15) is 4.79 Å². The number of amides is 2. The number of hydrogen-bond donors (Lipinski definition) is 2. The molecule has 0 aliphatic heterocycles. The second-order valence-electron chi connectivity index (χ2n) is 6.02. The van der Waals surface area contributed by atoms with Gasteiger partial charge in [0.05, 0.1) is 22.7 Å². The van der Waals surface area contributed by atoms with Crippen molar-refractivity contribution in [2.24, 2.45) is 0 Å². The molecule has 26 heavy (non-hydrogen) atoms. The molecule has 2 heterocycles.